The average molecular weight is 645 g/mol. The molecular formula is C40H38O4P2+2. The molecule has 0 N–H and O–H groups in total. The lowest BCUT2D eigenvalue weighted by atomic mass is 10.00. The molecule has 0 radical (unpaired) electrons. The summed E-state index contributed by atoms with van der Waals surface area (Å²) >= 11 is 0. The van der Waals surface area contributed by atoms with E-state index in [1.54, 1.807) is 24.3 Å². The van der Waals surface area contributed by atoms with E-state index >= 15 is 0 Å². The fourth-order valence-electron chi connectivity index (χ4n) is 5.14. The van der Waals surface area contributed by atoms with Crippen LogP contribution in [0.2, 0.25) is 0 Å². The van der Waals surface area contributed by atoms with Crippen LogP contribution in [0.3, 0.4) is 0 Å². The van der Waals surface area contributed by atoms with E-state index in [9.17, 15) is 9.59 Å². The molecule has 5 rings (SSSR count). The van der Waals surface area contributed by atoms with E-state index in [-0.39, 0.29) is 11.1 Å². The Morgan fingerprint density at radius 3 is 0.913 bits per heavy atom. The first-order chi connectivity index (χ1) is 22.1. The van der Waals surface area contributed by atoms with Gasteiger partial charge in [0, 0.05) is 11.1 Å². The summed E-state index contributed by atoms with van der Waals surface area (Å²) in [5.74, 6) is 3.02. The quantitative estimate of drug-likeness (QED) is 0.142. The van der Waals surface area contributed by atoms with Crippen molar-refractivity contribution in [2.45, 2.75) is 0 Å². The Labute approximate surface area is 273 Å². The van der Waals surface area contributed by atoms with Gasteiger partial charge in [-0.15, -0.1) is 0 Å². The molecule has 0 aliphatic heterocycles. The number of hydrogen-bond acceptors (Lipinski definition) is 4. The van der Waals surface area contributed by atoms with Crippen LogP contribution in [0.4, 0.5) is 0 Å². The molecule has 0 heterocycles. The summed E-state index contributed by atoms with van der Waals surface area (Å²) in [5, 5.41) is 0. The molecule has 230 valence electrons. The summed E-state index contributed by atoms with van der Waals surface area (Å²) < 4.78 is 12.4. The van der Waals surface area contributed by atoms with Crippen molar-refractivity contribution in [1.82, 2.24) is 0 Å². The van der Waals surface area contributed by atoms with Crippen LogP contribution in [0.25, 0.3) is 11.1 Å². The van der Waals surface area contributed by atoms with Crippen LogP contribution in [0.15, 0.2) is 157 Å². The first-order valence-electron chi connectivity index (χ1n) is 15.0. The van der Waals surface area contributed by atoms with Gasteiger partial charge in [-0.25, -0.2) is 9.59 Å². The lowest BCUT2D eigenvalue weighted by Crippen LogP contribution is -2.14. The van der Waals surface area contributed by atoms with Crippen LogP contribution >= 0.6 is 15.0 Å². The van der Waals surface area contributed by atoms with Crippen molar-refractivity contribution < 1.29 is 18.6 Å². The van der Waals surface area contributed by atoms with Gasteiger partial charge in [0.1, 0.15) is 11.6 Å². The zero-order valence-corrected chi connectivity index (χ0v) is 28.3. The van der Waals surface area contributed by atoms with E-state index in [4.69, 9.17) is 9.05 Å². The maximum absolute atomic E-state index is 13.7. The van der Waals surface area contributed by atoms with Gasteiger partial charge in [-0.05, 0) is 34.4 Å². The Balaban J connectivity index is 1.41. The molecule has 0 fully saturated rings. The fraction of sp³-hybridized carbons (Fsp3) is 0.100. The SMILES string of the molecule is C[P+](C)(C=C(c1ccccc1)c1ccccc1)OC(=O)c1ccccc1C(=O)O[P+](C)(C)C=C(c1ccccc1)c1ccccc1. The Morgan fingerprint density at radius 1 is 0.413 bits per heavy atom. The van der Waals surface area contributed by atoms with E-state index in [1.807, 2.05) is 148 Å². The highest BCUT2D eigenvalue weighted by Gasteiger charge is 2.36. The summed E-state index contributed by atoms with van der Waals surface area (Å²) in [6, 6.07) is 47.0. The molecule has 0 aliphatic rings. The molecule has 0 saturated heterocycles. The standard InChI is InChI=1S/C40H38O4P2/c1-45(2,29-37(31-19-9-5-10-20-31)32-21-11-6-12-22-32)43-39(41)35-27-17-18-28-36(35)40(42)44-46(3,4)30-38(33-23-13-7-14-24-33)34-25-15-8-16-26-34/h5-30H,1-4H3/q+2. The average Bonchev–Trinajstić information content (AvgIpc) is 3.07. The molecule has 0 spiro atoms. The highest BCUT2D eigenvalue weighted by atomic mass is 31.2. The molecule has 0 amide bonds. The number of rotatable bonds is 10. The van der Waals surface area contributed by atoms with Crippen molar-refractivity contribution in [3.63, 3.8) is 0 Å². The van der Waals surface area contributed by atoms with Gasteiger partial charge in [0.15, 0.2) is 0 Å². The maximum atomic E-state index is 13.7. The molecule has 0 atom stereocenters. The first kappa shape index (κ1) is 32.8. The number of carbonyl (C=O) groups excluding carboxylic acids is 2. The van der Waals surface area contributed by atoms with Crippen molar-refractivity contribution in [3.05, 3.63) is 191 Å². The van der Waals surface area contributed by atoms with Crippen LogP contribution in [0, 0.1) is 0 Å². The van der Waals surface area contributed by atoms with Gasteiger partial charge in [-0.2, -0.15) is 0 Å². The van der Waals surface area contributed by atoms with Gasteiger partial charge in [-0.1, -0.05) is 133 Å². The van der Waals surface area contributed by atoms with Crippen molar-refractivity contribution in [1.29, 1.82) is 0 Å². The predicted octanol–water partition coefficient (Wildman–Crippen LogP) is 10.6. The lowest BCUT2D eigenvalue weighted by Gasteiger charge is -2.18. The molecule has 5 aromatic carbocycles. The summed E-state index contributed by atoms with van der Waals surface area (Å²) in [6.45, 7) is 7.80. The number of carbonyl (C=O) groups is 2. The fourth-order valence-corrected chi connectivity index (χ4v) is 8.14. The number of benzene rings is 5. The van der Waals surface area contributed by atoms with Crippen LogP contribution < -0.4 is 0 Å². The third-order valence-corrected chi connectivity index (χ3v) is 10.3. The second-order valence-corrected chi connectivity index (χ2v) is 18.3. The lowest BCUT2D eigenvalue weighted by molar-refractivity contribution is 0.0709. The molecule has 6 heteroatoms. The van der Waals surface area contributed by atoms with Crippen molar-refractivity contribution in [2.75, 3.05) is 26.7 Å². The minimum absolute atomic E-state index is 0.185. The summed E-state index contributed by atoms with van der Waals surface area (Å²) in [7, 11) is -4.79. The zero-order valence-electron chi connectivity index (χ0n) is 26.5. The zero-order chi connectivity index (χ0) is 32.6. The predicted molar refractivity (Wildman–Crippen MR) is 195 cm³/mol. The van der Waals surface area contributed by atoms with Gasteiger partial charge in [0.2, 0.25) is 15.0 Å². The Kier molecular flexibility index (Phi) is 10.4. The van der Waals surface area contributed by atoms with Gasteiger partial charge in [0.25, 0.3) is 0 Å². The molecule has 0 bridgehead atoms. The molecule has 0 saturated carbocycles. The molecule has 0 aliphatic carbocycles. The molecule has 5 aromatic rings. The molecule has 0 aromatic heterocycles. The monoisotopic (exact) mass is 644 g/mol. The van der Waals surface area contributed by atoms with Crippen LogP contribution in [0.1, 0.15) is 43.0 Å². The molecular weight excluding hydrogens is 606 g/mol. The van der Waals surface area contributed by atoms with Crippen LogP contribution in [-0.4, -0.2) is 38.6 Å². The van der Waals surface area contributed by atoms with Gasteiger partial charge >= 0.3 is 11.9 Å². The smallest absolute Gasteiger partial charge is 0.304 e. The second kappa shape index (κ2) is 14.6. The van der Waals surface area contributed by atoms with Crippen molar-refractivity contribution in [2.24, 2.45) is 0 Å². The minimum Gasteiger partial charge on any atom is -0.304 e. The second-order valence-electron chi connectivity index (χ2n) is 11.7. The number of hydrogen-bond donors (Lipinski definition) is 0. The van der Waals surface area contributed by atoms with Crippen LogP contribution in [-0.2, 0) is 9.05 Å². The van der Waals surface area contributed by atoms with E-state index < -0.39 is 26.9 Å². The topological polar surface area (TPSA) is 52.6 Å². The molecule has 4 nitrogen and oxygen atoms in total. The van der Waals surface area contributed by atoms with Crippen molar-refractivity contribution >= 4 is 38.1 Å². The van der Waals surface area contributed by atoms with Gasteiger partial charge in [-0.3, -0.25) is 0 Å². The van der Waals surface area contributed by atoms with E-state index in [0.29, 0.717) is 0 Å². The third-order valence-electron chi connectivity index (χ3n) is 7.22. The van der Waals surface area contributed by atoms with E-state index in [0.717, 1.165) is 33.4 Å². The van der Waals surface area contributed by atoms with E-state index in [2.05, 4.69) is 11.6 Å². The Morgan fingerprint density at radius 2 is 0.652 bits per heavy atom. The largest absolute Gasteiger partial charge is 0.382 e. The summed E-state index contributed by atoms with van der Waals surface area (Å²) in [6.07, 6.45) is 0. The van der Waals surface area contributed by atoms with Crippen molar-refractivity contribution in [3.8, 4) is 0 Å². The summed E-state index contributed by atoms with van der Waals surface area (Å²) in [5.41, 5.74) is 6.49. The van der Waals surface area contributed by atoms with E-state index in [1.165, 1.54) is 0 Å². The summed E-state index contributed by atoms with van der Waals surface area (Å²) in [4.78, 5) is 27.4. The minimum atomic E-state index is -2.40. The third kappa shape index (κ3) is 8.55. The van der Waals surface area contributed by atoms with Gasteiger partial charge < -0.3 is 9.05 Å². The molecule has 0 unspecified atom stereocenters. The Hall–Kier alpha value is -4.62. The molecule has 46 heavy (non-hydrogen) atoms. The maximum Gasteiger partial charge on any atom is 0.382 e. The van der Waals surface area contributed by atoms with Gasteiger partial charge in [0.05, 0.1) is 37.8 Å². The normalized spacial score (nSPS) is 11.2. The van der Waals surface area contributed by atoms with Crippen LogP contribution in [0.5, 0.6) is 0 Å². The Bertz CT molecular complexity index is 1630. The highest BCUT2D eigenvalue weighted by Crippen LogP contribution is 2.58. The first-order valence-corrected chi connectivity index (χ1v) is 20.4. The highest BCUT2D eigenvalue weighted by molar-refractivity contribution is 7.73.